The zero-order chi connectivity index (χ0) is 12.4. The molecule has 0 saturated heterocycles. The molecular formula is C15H20O2. The highest BCUT2D eigenvalue weighted by Crippen LogP contribution is 2.31. The number of hydrogen-bond acceptors (Lipinski definition) is 2. The SMILES string of the molecule is CC1=CO[C@H]2C/C(C)=C\CC/C(C)=C\C(=O)[C@@H]12. The fourth-order valence-electron chi connectivity index (χ4n) is 2.57. The van der Waals surface area contributed by atoms with Gasteiger partial charge in [-0.05, 0) is 45.3 Å². The molecule has 0 bridgehead atoms. The minimum absolute atomic E-state index is 0.000833. The molecule has 1 aliphatic heterocycles. The predicted octanol–water partition coefficient (Wildman–Crippen LogP) is 3.55. The van der Waals surface area contributed by atoms with E-state index in [0.717, 1.165) is 24.8 Å². The van der Waals surface area contributed by atoms with E-state index in [4.69, 9.17) is 4.74 Å². The van der Waals surface area contributed by atoms with Crippen LogP contribution in [0.1, 0.15) is 40.0 Å². The average molecular weight is 232 g/mol. The number of allylic oxidation sites excluding steroid dienone is 3. The smallest absolute Gasteiger partial charge is 0.166 e. The molecule has 1 heterocycles. The van der Waals surface area contributed by atoms with Gasteiger partial charge in [0.15, 0.2) is 5.78 Å². The van der Waals surface area contributed by atoms with E-state index in [-0.39, 0.29) is 17.8 Å². The lowest BCUT2D eigenvalue weighted by atomic mass is 9.87. The highest BCUT2D eigenvalue weighted by atomic mass is 16.5. The molecule has 92 valence electrons. The van der Waals surface area contributed by atoms with Gasteiger partial charge < -0.3 is 4.74 Å². The highest BCUT2D eigenvalue weighted by molar-refractivity contribution is 5.95. The normalized spacial score (nSPS) is 35.9. The molecule has 2 atom stereocenters. The van der Waals surface area contributed by atoms with Crippen LogP contribution in [0.4, 0.5) is 0 Å². The van der Waals surface area contributed by atoms with Crippen LogP contribution >= 0.6 is 0 Å². The summed E-state index contributed by atoms with van der Waals surface area (Å²) in [6.07, 6.45) is 8.67. The van der Waals surface area contributed by atoms with Crippen molar-refractivity contribution in [3.05, 3.63) is 35.1 Å². The van der Waals surface area contributed by atoms with Crippen LogP contribution in [-0.2, 0) is 9.53 Å². The van der Waals surface area contributed by atoms with E-state index in [1.54, 1.807) is 12.3 Å². The molecule has 1 aliphatic carbocycles. The van der Waals surface area contributed by atoms with Crippen LogP contribution in [0.5, 0.6) is 0 Å². The van der Waals surface area contributed by atoms with Crippen molar-refractivity contribution in [1.29, 1.82) is 0 Å². The molecule has 0 N–H and O–H groups in total. The van der Waals surface area contributed by atoms with Gasteiger partial charge in [0.05, 0.1) is 12.2 Å². The van der Waals surface area contributed by atoms with Crippen molar-refractivity contribution in [2.75, 3.05) is 0 Å². The molecule has 0 aromatic rings. The van der Waals surface area contributed by atoms with Gasteiger partial charge in [-0.2, -0.15) is 0 Å². The Bertz CT molecular complexity index is 413. The number of carbonyl (C=O) groups is 1. The van der Waals surface area contributed by atoms with Crippen molar-refractivity contribution >= 4 is 5.78 Å². The summed E-state index contributed by atoms with van der Waals surface area (Å²) in [7, 11) is 0. The Balaban J connectivity index is 2.29. The maximum absolute atomic E-state index is 12.2. The monoisotopic (exact) mass is 232 g/mol. The van der Waals surface area contributed by atoms with Gasteiger partial charge in [-0.3, -0.25) is 4.79 Å². The molecule has 0 spiro atoms. The number of fused-ring (bicyclic) bond motifs is 1. The van der Waals surface area contributed by atoms with E-state index in [9.17, 15) is 4.79 Å². The van der Waals surface area contributed by atoms with Gasteiger partial charge in [0.1, 0.15) is 6.10 Å². The largest absolute Gasteiger partial charge is 0.497 e. The Kier molecular flexibility index (Phi) is 3.51. The lowest BCUT2D eigenvalue weighted by Gasteiger charge is -2.20. The van der Waals surface area contributed by atoms with Gasteiger partial charge in [0, 0.05) is 6.42 Å². The first-order valence-electron chi connectivity index (χ1n) is 6.26. The molecule has 2 rings (SSSR count). The number of carbonyl (C=O) groups excluding carboxylic acids is 1. The number of ether oxygens (including phenoxy) is 1. The van der Waals surface area contributed by atoms with Crippen molar-refractivity contribution in [3.8, 4) is 0 Å². The van der Waals surface area contributed by atoms with Crippen LogP contribution in [0.15, 0.2) is 35.1 Å². The van der Waals surface area contributed by atoms with Crippen LogP contribution < -0.4 is 0 Å². The summed E-state index contributed by atoms with van der Waals surface area (Å²) in [5.74, 6) is 0.125. The van der Waals surface area contributed by atoms with E-state index < -0.39 is 0 Å². The van der Waals surface area contributed by atoms with Crippen molar-refractivity contribution in [3.63, 3.8) is 0 Å². The van der Waals surface area contributed by atoms with E-state index in [1.165, 1.54) is 11.1 Å². The van der Waals surface area contributed by atoms with E-state index in [2.05, 4.69) is 13.0 Å². The first kappa shape index (κ1) is 12.2. The van der Waals surface area contributed by atoms with Gasteiger partial charge in [-0.1, -0.05) is 17.2 Å². The lowest BCUT2D eigenvalue weighted by Crippen LogP contribution is -2.26. The molecule has 2 aliphatic rings. The summed E-state index contributed by atoms with van der Waals surface area (Å²) in [5.41, 5.74) is 3.54. The van der Waals surface area contributed by atoms with Crippen molar-refractivity contribution in [2.24, 2.45) is 5.92 Å². The molecule has 0 unspecified atom stereocenters. The second kappa shape index (κ2) is 4.91. The Labute approximate surface area is 103 Å². The van der Waals surface area contributed by atoms with Crippen molar-refractivity contribution in [2.45, 2.75) is 46.1 Å². The second-order valence-electron chi connectivity index (χ2n) is 5.20. The van der Waals surface area contributed by atoms with Gasteiger partial charge in [-0.15, -0.1) is 0 Å². The Morgan fingerprint density at radius 3 is 2.76 bits per heavy atom. The van der Waals surface area contributed by atoms with Crippen molar-refractivity contribution < 1.29 is 9.53 Å². The first-order chi connectivity index (χ1) is 8.08. The van der Waals surface area contributed by atoms with Crippen LogP contribution in [-0.4, -0.2) is 11.9 Å². The summed E-state index contributed by atoms with van der Waals surface area (Å²) in [5, 5.41) is 0. The standard InChI is InChI=1S/C15H20O2/c1-10-5-4-6-11(2)8-14-15(13(16)7-10)12(3)9-17-14/h6-7,9,14-15H,4-5,8H2,1-3H3/b10-7-,11-6-/t14-,15+/m0/s1. The number of ketones is 1. The number of rotatable bonds is 0. The third-order valence-electron chi connectivity index (χ3n) is 3.54. The fourth-order valence-corrected chi connectivity index (χ4v) is 2.57. The number of hydrogen-bond donors (Lipinski definition) is 0. The third-order valence-corrected chi connectivity index (χ3v) is 3.54. The van der Waals surface area contributed by atoms with E-state index >= 15 is 0 Å². The molecule has 0 radical (unpaired) electrons. The zero-order valence-electron chi connectivity index (χ0n) is 10.8. The molecule has 2 heteroatoms. The molecule has 17 heavy (non-hydrogen) atoms. The molecule has 0 aromatic carbocycles. The minimum Gasteiger partial charge on any atom is -0.497 e. The van der Waals surface area contributed by atoms with Gasteiger partial charge in [-0.25, -0.2) is 0 Å². The quantitative estimate of drug-likeness (QED) is 0.597. The minimum atomic E-state index is -0.0774. The van der Waals surface area contributed by atoms with Crippen LogP contribution in [0.2, 0.25) is 0 Å². The zero-order valence-corrected chi connectivity index (χ0v) is 10.8. The predicted molar refractivity (Wildman–Crippen MR) is 68.5 cm³/mol. The summed E-state index contributed by atoms with van der Waals surface area (Å²) >= 11 is 0. The lowest BCUT2D eigenvalue weighted by molar-refractivity contribution is -0.119. The van der Waals surface area contributed by atoms with Gasteiger partial charge in [0.2, 0.25) is 0 Å². The molecular weight excluding hydrogens is 212 g/mol. The van der Waals surface area contributed by atoms with Crippen LogP contribution in [0.3, 0.4) is 0 Å². The molecule has 0 fully saturated rings. The first-order valence-corrected chi connectivity index (χ1v) is 6.26. The van der Waals surface area contributed by atoms with Gasteiger partial charge >= 0.3 is 0 Å². The molecule has 0 saturated carbocycles. The molecule has 0 aromatic heterocycles. The highest BCUT2D eigenvalue weighted by Gasteiger charge is 2.34. The third kappa shape index (κ3) is 2.68. The van der Waals surface area contributed by atoms with E-state index in [1.807, 2.05) is 13.8 Å². The summed E-state index contributed by atoms with van der Waals surface area (Å²) in [6.45, 7) is 6.14. The Morgan fingerprint density at radius 2 is 2.00 bits per heavy atom. The summed E-state index contributed by atoms with van der Waals surface area (Å²) in [6, 6.07) is 0. The molecule has 2 nitrogen and oxygen atoms in total. The Hall–Kier alpha value is -1.31. The second-order valence-corrected chi connectivity index (χ2v) is 5.20. The maximum atomic E-state index is 12.2. The maximum Gasteiger partial charge on any atom is 0.166 e. The summed E-state index contributed by atoms with van der Waals surface area (Å²) in [4.78, 5) is 12.2. The van der Waals surface area contributed by atoms with Crippen molar-refractivity contribution in [1.82, 2.24) is 0 Å². The van der Waals surface area contributed by atoms with Crippen LogP contribution in [0.25, 0.3) is 0 Å². The molecule has 0 amide bonds. The average Bonchev–Trinajstić information content (AvgIpc) is 2.58. The van der Waals surface area contributed by atoms with E-state index in [0.29, 0.717) is 0 Å². The van der Waals surface area contributed by atoms with Crippen LogP contribution in [0, 0.1) is 5.92 Å². The summed E-state index contributed by atoms with van der Waals surface area (Å²) < 4.78 is 5.62. The topological polar surface area (TPSA) is 26.3 Å². The Morgan fingerprint density at radius 1 is 1.24 bits per heavy atom. The fraction of sp³-hybridized carbons (Fsp3) is 0.533. The van der Waals surface area contributed by atoms with Gasteiger partial charge in [0.25, 0.3) is 0 Å².